The van der Waals surface area contributed by atoms with E-state index in [1.165, 1.54) is 11.1 Å². The molecule has 1 saturated heterocycles. The van der Waals surface area contributed by atoms with Gasteiger partial charge >= 0.3 is 0 Å². The van der Waals surface area contributed by atoms with Crippen molar-refractivity contribution in [2.24, 2.45) is 0 Å². The third-order valence-electron chi connectivity index (χ3n) is 4.34. The Kier molecular flexibility index (Phi) is 5.67. The Balaban J connectivity index is 1.70. The summed E-state index contributed by atoms with van der Waals surface area (Å²) in [7, 11) is 0. The van der Waals surface area contributed by atoms with E-state index in [2.05, 4.69) is 32.5 Å². The standard InChI is InChI=1S/C17H23ClN4O/c1-13-14(11-20-21-13)10-19-12-17(22-6-8-23-9-7-22)15-4-2-3-5-16(15)18/h2-5,11,17,19H,6-10,12H2,1H3,(H,20,21)/t17-/m0/s1. The van der Waals surface area contributed by atoms with Gasteiger partial charge in [0, 0.05) is 48.5 Å². The fraction of sp³-hybridized carbons (Fsp3) is 0.471. The van der Waals surface area contributed by atoms with Gasteiger partial charge < -0.3 is 10.1 Å². The van der Waals surface area contributed by atoms with E-state index in [0.717, 1.165) is 50.1 Å². The molecule has 1 aromatic carbocycles. The van der Waals surface area contributed by atoms with Crippen LogP contribution >= 0.6 is 11.6 Å². The van der Waals surface area contributed by atoms with Crippen molar-refractivity contribution in [2.45, 2.75) is 19.5 Å². The van der Waals surface area contributed by atoms with Crippen molar-refractivity contribution < 1.29 is 4.74 Å². The molecule has 1 aliphatic rings. The molecule has 2 aromatic rings. The molecule has 2 heterocycles. The number of ether oxygens (including phenoxy) is 1. The van der Waals surface area contributed by atoms with E-state index in [-0.39, 0.29) is 6.04 Å². The number of nitrogens with one attached hydrogen (secondary N) is 2. The molecule has 2 N–H and O–H groups in total. The lowest BCUT2D eigenvalue weighted by atomic mass is 10.0. The molecule has 3 rings (SSSR count). The minimum absolute atomic E-state index is 0.250. The second-order valence-electron chi connectivity index (χ2n) is 5.84. The molecule has 124 valence electrons. The zero-order valence-corrected chi connectivity index (χ0v) is 14.1. The minimum atomic E-state index is 0.250. The molecule has 1 atom stereocenters. The molecule has 1 aromatic heterocycles. The number of hydrogen-bond donors (Lipinski definition) is 2. The first-order chi connectivity index (χ1) is 11.3. The van der Waals surface area contributed by atoms with Crippen LogP contribution in [-0.2, 0) is 11.3 Å². The molecular formula is C17H23ClN4O. The van der Waals surface area contributed by atoms with Crippen molar-refractivity contribution in [3.63, 3.8) is 0 Å². The van der Waals surface area contributed by atoms with Gasteiger partial charge in [0.2, 0.25) is 0 Å². The van der Waals surface area contributed by atoms with Crippen molar-refractivity contribution in [1.82, 2.24) is 20.4 Å². The van der Waals surface area contributed by atoms with Crippen molar-refractivity contribution in [3.8, 4) is 0 Å². The lowest BCUT2D eigenvalue weighted by Crippen LogP contribution is -2.42. The highest BCUT2D eigenvalue weighted by molar-refractivity contribution is 6.31. The summed E-state index contributed by atoms with van der Waals surface area (Å²) in [6, 6.07) is 8.36. The van der Waals surface area contributed by atoms with Crippen LogP contribution in [0, 0.1) is 6.92 Å². The van der Waals surface area contributed by atoms with Gasteiger partial charge in [-0.2, -0.15) is 5.10 Å². The molecule has 0 amide bonds. The van der Waals surface area contributed by atoms with Crippen molar-refractivity contribution in [1.29, 1.82) is 0 Å². The highest BCUT2D eigenvalue weighted by atomic mass is 35.5. The van der Waals surface area contributed by atoms with E-state index in [1.54, 1.807) is 0 Å². The highest BCUT2D eigenvalue weighted by Crippen LogP contribution is 2.27. The van der Waals surface area contributed by atoms with Gasteiger partial charge in [0.15, 0.2) is 0 Å². The molecule has 6 heteroatoms. The van der Waals surface area contributed by atoms with Crippen LogP contribution in [0.25, 0.3) is 0 Å². The quantitative estimate of drug-likeness (QED) is 0.852. The lowest BCUT2D eigenvalue weighted by Gasteiger charge is -2.35. The van der Waals surface area contributed by atoms with Gasteiger partial charge in [0.25, 0.3) is 0 Å². The van der Waals surface area contributed by atoms with E-state index in [4.69, 9.17) is 16.3 Å². The summed E-state index contributed by atoms with van der Waals surface area (Å²) in [6.45, 7) is 7.10. The van der Waals surface area contributed by atoms with Crippen LogP contribution < -0.4 is 5.32 Å². The minimum Gasteiger partial charge on any atom is -0.379 e. The fourth-order valence-corrected chi connectivity index (χ4v) is 3.23. The molecule has 0 saturated carbocycles. The number of halogens is 1. The Bertz CT molecular complexity index is 625. The average molecular weight is 335 g/mol. The summed E-state index contributed by atoms with van der Waals surface area (Å²) in [5.41, 5.74) is 3.48. The summed E-state index contributed by atoms with van der Waals surface area (Å²) in [5.74, 6) is 0. The monoisotopic (exact) mass is 334 g/mol. The third-order valence-corrected chi connectivity index (χ3v) is 4.68. The third kappa shape index (κ3) is 4.12. The summed E-state index contributed by atoms with van der Waals surface area (Å²) in [6.07, 6.45) is 1.88. The van der Waals surface area contributed by atoms with Crippen LogP contribution in [0.15, 0.2) is 30.5 Å². The first kappa shape index (κ1) is 16.5. The first-order valence-electron chi connectivity index (χ1n) is 8.01. The molecule has 5 nitrogen and oxygen atoms in total. The zero-order valence-electron chi connectivity index (χ0n) is 13.4. The van der Waals surface area contributed by atoms with Gasteiger partial charge in [-0.3, -0.25) is 10.00 Å². The molecule has 0 bridgehead atoms. The van der Waals surface area contributed by atoms with Crippen molar-refractivity contribution >= 4 is 11.6 Å². The molecule has 1 fully saturated rings. The molecule has 0 radical (unpaired) electrons. The number of morpholine rings is 1. The number of rotatable bonds is 6. The topological polar surface area (TPSA) is 53.2 Å². The molecule has 23 heavy (non-hydrogen) atoms. The first-order valence-corrected chi connectivity index (χ1v) is 8.39. The van der Waals surface area contributed by atoms with Crippen LogP contribution in [-0.4, -0.2) is 47.9 Å². The zero-order chi connectivity index (χ0) is 16.1. The largest absolute Gasteiger partial charge is 0.379 e. The summed E-state index contributed by atoms with van der Waals surface area (Å²) in [5, 5.41) is 11.4. The van der Waals surface area contributed by atoms with Crippen LogP contribution in [0.1, 0.15) is 22.9 Å². The van der Waals surface area contributed by atoms with Crippen LogP contribution in [0.2, 0.25) is 5.02 Å². The SMILES string of the molecule is Cc1[nH]ncc1CNC[C@@H](c1ccccc1Cl)N1CCOCC1. The molecule has 1 aliphatic heterocycles. The molecule has 0 spiro atoms. The van der Waals surface area contributed by atoms with Crippen LogP contribution in [0.3, 0.4) is 0 Å². The summed E-state index contributed by atoms with van der Waals surface area (Å²) < 4.78 is 5.49. The number of hydrogen-bond acceptors (Lipinski definition) is 4. The van der Waals surface area contributed by atoms with Gasteiger partial charge in [0.1, 0.15) is 0 Å². The van der Waals surface area contributed by atoms with Gasteiger partial charge in [-0.1, -0.05) is 29.8 Å². The van der Waals surface area contributed by atoms with Crippen LogP contribution in [0.5, 0.6) is 0 Å². The number of aromatic nitrogens is 2. The fourth-order valence-electron chi connectivity index (χ4n) is 2.97. The van der Waals surface area contributed by atoms with Gasteiger partial charge in [0.05, 0.1) is 19.4 Å². The maximum absolute atomic E-state index is 6.44. The van der Waals surface area contributed by atoms with Crippen LogP contribution in [0.4, 0.5) is 0 Å². The van der Waals surface area contributed by atoms with E-state index in [9.17, 15) is 0 Å². The Morgan fingerprint density at radius 2 is 2.13 bits per heavy atom. The Hall–Kier alpha value is -1.40. The van der Waals surface area contributed by atoms with E-state index < -0.39 is 0 Å². The normalized spacial score (nSPS) is 17.3. The molecule has 0 aliphatic carbocycles. The maximum atomic E-state index is 6.44. The second kappa shape index (κ2) is 7.93. The van der Waals surface area contributed by atoms with E-state index in [0.29, 0.717) is 0 Å². The highest BCUT2D eigenvalue weighted by Gasteiger charge is 2.24. The van der Waals surface area contributed by atoms with Crippen molar-refractivity contribution in [2.75, 3.05) is 32.8 Å². The number of aryl methyl sites for hydroxylation is 1. The Morgan fingerprint density at radius 3 is 2.83 bits per heavy atom. The molecule has 0 unspecified atom stereocenters. The van der Waals surface area contributed by atoms with E-state index >= 15 is 0 Å². The summed E-state index contributed by atoms with van der Waals surface area (Å²) >= 11 is 6.44. The van der Waals surface area contributed by atoms with Gasteiger partial charge in [-0.05, 0) is 18.6 Å². The number of nitrogens with zero attached hydrogens (tertiary/aromatic N) is 2. The summed E-state index contributed by atoms with van der Waals surface area (Å²) in [4.78, 5) is 2.44. The smallest absolute Gasteiger partial charge is 0.0594 e. The van der Waals surface area contributed by atoms with Gasteiger partial charge in [-0.25, -0.2) is 0 Å². The predicted octanol–water partition coefficient (Wildman–Crippen LogP) is 2.53. The second-order valence-corrected chi connectivity index (χ2v) is 6.24. The van der Waals surface area contributed by atoms with E-state index in [1.807, 2.05) is 25.3 Å². The predicted molar refractivity (Wildman–Crippen MR) is 91.6 cm³/mol. The van der Waals surface area contributed by atoms with Crippen molar-refractivity contribution in [3.05, 3.63) is 52.3 Å². The molecular weight excluding hydrogens is 312 g/mol. The maximum Gasteiger partial charge on any atom is 0.0594 e. The Morgan fingerprint density at radius 1 is 1.35 bits per heavy atom. The Labute approximate surface area is 142 Å². The number of aromatic amines is 1. The van der Waals surface area contributed by atoms with Gasteiger partial charge in [-0.15, -0.1) is 0 Å². The lowest BCUT2D eigenvalue weighted by molar-refractivity contribution is 0.0161. The number of H-pyrrole nitrogens is 1. The number of benzene rings is 1. The average Bonchev–Trinajstić information content (AvgIpc) is 2.99.